The highest BCUT2D eigenvalue weighted by Gasteiger charge is 2.29. The van der Waals surface area contributed by atoms with E-state index >= 15 is 0 Å². The minimum atomic E-state index is -1.73. The summed E-state index contributed by atoms with van der Waals surface area (Å²) in [5, 5.41) is 0. The first-order valence-electron chi connectivity index (χ1n) is 4.97. The first kappa shape index (κ1) is 15.8. The molecule has 1 aromatic rings. The molecule has 0 aliphatic carbocycles. The van der Waals surface area contributed by atoms with Crippen molar-refractivity contribution < 1.29 is 19.1 Å². The highest BCUT2D eigenvalue weighted by atomic mass is 35.6. The molecule has 1 rings (SSSR count). The third kappa shape index (κ3) is 5.09. The van der Waals surface area contributed by atoms with Crippen LogP contribution in [-0.2, 0) is 9.53 Å². The molecule has 0 amide bonds. The molecule has 0 saturated carbocycles. The standard InChI is InChI=1S/C11H9Cl3N2O3/c1-18-8-4-2-3-7(5-8)9(16-15)10(17)19-6-11(12,13)14/h2-5H,6H2,1H3. The number of hydrogen-bond donors (Lipinski definition) is 0. The molecule has 0 N–H and O–H groups in total. The summed E-state index contributed by atoms with van der Waals surface area (Å²) < 4.78 is 7.98. The van der Waals surface area contributed by atoms with Crippen molar-refractivity contribution in [3.05, 3.63) is 35.4 Å². The highest BCUT2D eigenvalue weighted by Crippen LogP contribution is 2.26. The number of carbonyl (C=O) groups is 1. The molecule has 0 fully saturated rings. The van der Waals surface area contributed by atoms with Crippen molar-refractivity contribution in [2.75, 3.05) is 13.7 Å². The van der Waals surface area contributed by atoms with Gasteiger partial charge in [-0.15, -0.1) is 0 Å². The lowest BCUT2D eigenvalue weighted by molar-refractivity contribution is -0.139. The number of esters is 1. The Balaban J connectivity index is 2.89. The number of nitrogens with zero attached hydrogens (tertiary/aromatic N) is 2. The monoisotopic (exact) mass is 322 g/mol. The lowest BCUT2D eigenvalue weighted by Crippen LogP contribution is -2.24. The molecule has 0 atom stereocenters. The van der Waals surface area contributed by atoms with Gasteiger partial charge in [0.25, 0.3) is 0 Å². The quantitative estimate of drug-likeness (QED) is 0.281. The van der Waals surface area contributed by atoms with Gasteiger partial charge in [0.15, 0.2) is 0 Å². The number of benzene rings is 1. The second-order valence-corrected chi connectivity index (χ2v) is 5.89. The fourth-order valence-corrected chi connectivity index (χ4v) is 1.37. The van der Waals surface area contributed by atoms with E-state index in [4.69, 9.17) is 49.8 Å². The van der Waals surface area contributed by atoms with Crippen LogP contribution in [0.25, 0.3) is 5.53 Å². The molecule has 8 heteroatoms. The summed E-state index contributed by atoms with van der Waals surface area (Å²) in [4.78, 5) is 14.6. The summed E-state index contributed by atoms with van der Waals surface area (Å²) >= 11 is 16.4. The molecule has 102 valence electrons. The second-order valence-electron chi connectivity index (χ2n) is 3.37. The highest BCUT2D eigenvalue weighted by molar-refractivity contribution is 6.67. The average molecular weight is 324 g/mol. The van der Waals surface area contributed by atoms with E-state index in [0.29, 0.717) is 11.3 Å². The Morgan fingerprint density at radius 3 is 2.63 bits per heavy atom. The van der Waals surface area contributed by atoms with E-state index < -0.39 is 16.4 Å². The first-order chi connectivity index (χ1) is 8.87. The van der Waals surface area contributed by atoms with Gasteiger partial charge in [-0.2, -0.15) is 4.79 Å². The van der Waals surface area contributed by atoms with Crippen LogP contribution in [0.4, 0.5) is 0 Å². The van der Waals surface area contributed by atoms with Crippen molar-refractivity contribution in [1.82, 2.24) is 0 Å². The third-order valence-electron chi connectivity index (χ3n) is 2.00. The molecule has 19 heavy (non-hydrogen) atoms. The van der Waals surface area contributed by atoms with E-state index in [1.165, 1.54) is 13.2 Å². The van der Waals surface area contributed by atoms with Gasteiger partial charge in [-0.25, -0.2) is 4.79 Å². The molecular formula is C11H9Cl3N2O3. The number of hydrogen-bond acceptors (Lipinski definition) is 3. The molecule has 0 heterocycles. The lowest BCUT2D eigenvalue weighted by Gasteiger charge is -2.09. The zero-order chi connectivity index (χ0) is 14.5. The fraction of sp³-hybridized carbons (Fsp3) is 0.273. The van der Waals surface area contributed by atoms with Crippen molar-refractivity contribution in [1.29, 1.82) is 0 Å². The Kier molecular flexibility index (Phi) is 5.63. The minimum Gasteiger partial charge on any atom is -0.497 e. The number of halogens is 3. The Bertz CT molecular complexity index is 522. The van der Waals surface area contributed by atoms with Gasteiger partial charge in [0.05, 0.1) is 12.7 Å². The molecule has 0 aliphatic rings. The van der Waals surface area contributed by atoms with Crippen LogP contribution in [0.2, 0.25) is 0 Å². The number of carbonyl (C=O) groups excluding carboxylic acids is 1. The zero-order valence-corrected chi connectivity index (χ0v) is 12.0. The molecule has 0 radical (unpaired) electrons. The van der Waals surface area contributed by atoms with Crippen molar-refractivity contribution in [2.24, 2.45) is 0 Å². The number of alkyl halides is 3. The maximum Gasteiger partial charge on any atom is 0.422 e. The topological polar surface area (TPSA) is 71.9 Å². The van der Waals surface area contributed by atoms with E-state index in [2.05, 4.69) is 4.79 Å². The predicted octanol–water partition coefficient (Wildman–Crippen LogP) is 2.63. The maximum absolute atomic E-state index is 11.7. The van der Waals surface area contributed by atoms with Gasteiger partial charge in [-0.05, 0) is 18.2 Å². The average Bonchev–Trinajstić information content (AvgIpc) is 2.37. The first-order valence-corrected chi connectivity index (χ1v) is 6.11. The Morgan fingerprint density at radius 1 is 1.42 bits per heavy atom. The van der Waals surface area contributed by atoms with Crippen LogP contribution < -0.4 is 4.74 Å². The van der Waals surface area contributed by atoms with E-state index in [1.807, 2.05) is 0 Å². The van der Waals surface area contributed by atoms with E-state index in [9.17, 15) is 4.79 Å². The molecule has 1 aromatic carbocycles. The smallest absolute Gasteiger partial charge is 0.422 e. The van der Waals surface area contributed by atoms with Crippen LogP contribution in [0.5, 0.6) is 5.75 Å². The summed E-state index contributed by atoms with van der Waals surface area (Å²) in [6.07, 6.45) is 0. The minimum absolute atomic E-state index is 0.312. The van der Waals surface area contributed by atoms with Crippen LogP contribution in [0.3, 0.4) is 0 Å². The van der Waals surface area contributed by atoms with Crippen LogP contribution >= 0.6 is 34.8 Å². The van der Waals surface area contributed by atoms with Crippen LogP contribution in [0, 0.1) is 0 Å². The van der Waals surface area contributed by atoms with Crippen molar-refractivity contribution in [3.63, 3.8) is 0 Å². The maximum atomic E-state index is 11.7. The largest absolute Gasteiger partial charge is 0.497 e. The molecular weight excluding hydrogens is 314 g/mol. The summed E-state index contributed by atoms with van der Waals surface area (Å²) in [7, 11) is 1.47. The molecule has 0 saturated heterocycles. The molecule has 0 bridgehead atoms. The molecule has 0 unspecified atom stereocenters. The van der Waals surface area contributed by atoms with Crippen LogP contribution in [0.1, 0.15) is 5.56 Å². The molecule has 0 aliphatic heterocycles. The van der Waals surface area contributed by atoms with Gasteiger partial charge in [-0.1, -0.05) is 40.9 Å². The lowest BCUT2D eigenvalue weighted by atomic mass is 10.1. The Hall–Kier alpha value is -1.26. The van der Waals surface area contributed by atoms with Gasteiger partial charge in [0.2, 0.25) is 3.79 Å². The van der Waals surface area contributed by atoms with E-state index in [-0.39, 0.29) is 5.71 Å². The summed E-state index contributed by atoms with van der Waals surface area (Å²) in [6, 6.07) is 6.35. The van der Waals surface area contributed by atoms with E-state index in [0.717, 1.165) is 0 Å². The number of rotatable bonds is 4. The van der Waals surface area contributed by atoms with Gasteiger partial charge >= 0.3 is 11.7 Å². The fourth-order valence-electron chi connectivity index (χ4n) is 1.20. The van der Waals surface area contributed by atoms with Crippen molar-refractivity contribution in [3.8, 4) is 5.75 Å². The normalized spacial score (nSPS) is 10.5. The summed E-state index contributed by atoms with van der Waals surface area (Å²) in [5.41, 5.74) is 8.89. The van der Waals surface area contributed by atoms with Gasteiger partial charge in [0, 0.05) is 0 Å². The van der Waals surface area contributed by atoms with Gasteiger partial charge < -0.3 is 15.0 Å². The van der Waals surface area contributed by atoms with Gasteiger partial charge in [0.1, 0.15) is 12.4 Å². The summed E-state index contributed by atoms with van der Waals surface area (Å²) in [5.74, 6) is -0.421. The SMILES string of the molecule is COc1cccc(C(=[N+]=[N-])C(=O)OCC(Cl)(Cl)Cl)c1. The summed E-state index contributed by atoms with van der Waals surface area (Å²) in [6.45, 7) is -0.459. The Morgan fingerprint density at radius 2 is 2.11 bits per heavy atom. The molecule has 0 aromatic heterocycles. The van der Waals surface area contributed by atoms with Crippen LogP contribution in [-0.4, -0.2) is 34.0 Å². The number of ether oxygens (including phenoxy) is 2. The number of methoxy groups -OCH3 is 1. The predicted molar refractivity (Wildman–Crippen MR) is 72.0 cm³/mol. The zero-order valence-electron chi connectivity index (χ0n) is 9.77. The van der Waals surface area contributed by atoms with Crippen molar-refractivity contribution >= 4 is 46.5 Å². The van der Waals surface area contributed by atoms with Crippen molar-refractivity contribution in [2.45, 2.75) is 3.79 Å². The third-order valence-corrected chi connectivity index (χ3v) is 2.33. The van der Waals surface area contributed by atoms with E-state index in [1.54, 1.807) is 18.2 Å². The molecule has 0 spiro atoms. The van der Waals surface area contributed by atoms with Gasteiger partial charge in [-0.3, -0.25) is 0 Å². The second kappa shape index (κ2) is 6.78. The van der Waals surface area contributed by atoms with Crippen LogP contribution in [0.15, 0.2) is 24.3 Å². The molecule has 5 nitrogen and oxygen atoms in total. The Labute approximate surface area is 124 Å².